The molecule has 0 aliphatic heterocycles. The molecule has 1 aliphatic rings. The Hall–Kier alpha value is -0.903. The minimum atomic E-state index is -2.68. The molecule has 0 spiro atoms. The quantitative estimate of drug-likeness (QED) is 0.341. The van der Waals surface area contributed by atoms with Gasteiger partial charge in [0.15, 0.2) is 0 Å². The number of carbonyl (C=O) groups excluding carboxylic acids is 2. The van der Waals surface area contributed by atoms with Crippen LogP contribution in [0.25, 0.3) is 0 Å². The second-order valence-corrected chi connectivity index (χ2v) is 10.7. The van der Waals surface area contributed by atoms with Crippen molar-refractivity contribution >= 4 is 43.9 Å². The molecular weight excluding hydrogens is 412 g/mol. The number of rotatable bonds is 12. The predicted molar refractivity (Wildman–Crippen MR) is 118 cm³/mol. The van der Waals surface area contributed by atoms with E-state index in [9.17, 15) is 9.59 Å². The fourth-order valence-corrected chi connectivity index (χ4v) is 7.94. The molecule has 1 aromatic rings. The van der Waals surface area contributed by atoms with Gasteiger partial charge in [0.05, 0.1) is 9.81 Å². The highest BCUT2D eigenvalue weighted by molar-refractivity contribution is 8.07. The summed E-state index contributed by atoms with van der Waals surface area (Å²) in [5.74, 6) is 0.571. The highest BCUT2D eigenvalue weighted by atomic mass is 32.2. The fourth-order valence-electron chi connectivity index (χ4n) is 3.11. The Morgan fingerprint density at radius 1 is 0.857 bits per heavy atom. The Morgan fingerprint density at radius 2 is 1.36 bits per heavy atom. The molecule has 1 aliphatic carbocycles. The average Bonchev–Trinajstić information content (AvgIpc) is 2.69. The molecule has 154 valence electrons. The lowest BCUT2D eigenvalue weighted by Crippen LogP contribution is -2.46. The lowest BCUT2D eigenvalue weighted by Gasteiger charge is -2.28. The Morgan fingerprint density at radius 3 is 1.82 bits per heavy atom. The number of carbonyl (C=O) groups is 2. The molecule has 2 rings (SSSR count). The second-order valence-electron chi connectivity index (χ2n) is 6.00. The van der Waals surface area contributed by atoms with E-state index in [0.717, 1.165) is 6.42 Å². The first kappa shape index (κ1) is 23.4. The minimum absolute atomic E-state index is 0.0625. The van der Waals surface area contributed by atoms with Crippen LogP contribution >= 0.6 is 23.5 Å². The summed E-state index contributed by atoms with van der Waals surface area (Å²) in [6.45, 7) is 7.45. The number of hydrogen-bond acceptors (Lipinski definition) is 7. The van der Waals surface area contributed by atoms with Crippen molar-refractivity contribution in [3.63, 3.8) is 0 Å². The van der Waals surface area contributed by atoms with Crippen molar-refractivity contribution in [2.24, 2.45) is 0 Å². The van der Waals surface area contributed by atoms with Gasteiger partial charge in [0, 0.05) is 37.0 Å². The molecule has 0 fully saturated rings. The smallest absolute Gasteiger partial charge is 0.374 e. The van der Waals surface area contributed by atoms with Gasteiger partial charge < -0.3 is 13.3 Å². The van der Waals surface area contributed by atoms with Crippen LogP contribution in [0.3, 0.4) is 0 Å². The van der Waals surface area contributed by atoms with Gasteiger partial charge in [-0.25, -0.2) is 0 Å². The van der Waals surface area contributed by atoms with E-state index in [0.29, 0.717) is 52.6 Å². The van der Waals surface area contributed by atoms with E-state index in [1.165, 1.54) is 23.5 Å². The lowest BCUT2D eigenvalue weighted by molar-refractivity contribution is 0.0712. The molecule has 0 unspecified atom stereocenters. The SMILES string of the molecule is CCO[Si](CCCSC1=C(SC)C(=O)c2ccccc2C1=O)(OCC)OCC. The Kier molecular flexibility index (Phi) is 9.46. The first-order valence-electron chi connectivity index (χ1n) is 9.54. The summed E-state index contributed by atoms with van der Waals surface area (Å²) in [7, 11) is -2.68. The Bertz CT molecular complexity index is 718. The van der Waals surface area contributed by atoms with Crippen molar-refractivity contribution in [1.82, 2.24) is 0 Å². The largest absolute Gasteiger partial charge is 0.500 e. The first-order chi connectivity index (χ1) is 13.5. The van der Waals surface area contributed by atoms with Crippen molar-refractivity contribution in [1.29, 1.82) is 0 Å². The van der Waals surface area contributed by atoms with E-state index in [1.807, 2.05) is 27.0 Å². The van der Waals surface area contributed by atoms with Crippen molar-refractivity contribution in [2.45, 2.75) is 33.2 Å². The molecule has 28 heavy (non-hydrogen) atoms. The monoisotopic (exact) mass is 440 g/mol. The summed E-state index contributed by atoms with van der Waals surface area (Å²) in [4.78, 5) is 26.8. The van der Waals surface area contributed by atoms with Gasteiger partial charge >= 0.3 is 8.80 Å². The van der Waals surface area contributed by atoms with Crippen LogP contribution in [0.15, 0.2) is 34.1 Å². The molecule has 0 aromatic heterocycles. The van der Waals surface area contributed by atoms with Crippen LogP contribution in [-0.2, 0) is 13.3 Å². The highest BCUT2D eigenvalue weighted by Gasteiger charge is 2.40. The van der Waals surface area contributed by atoms with Gasteiger partial charge in [0.1, 0.15) is 0 Å². The zero-order valence-corrected chi connectivity index (χ0v) is 19.5. The third-order valence-corrected chi connectivity index (χ3v) is 9.45. The first-order valence-corrected chi connectivity index (χ1v) is 13.7. The standard InChI is InChI=1S/C20H28O5S2Si/c1-5-23-28(24-6-2,25-7-3)14-10-13-27-20-18(22)16-12-9-8-11-15(16)17(21)19(20)26-4/h8-9,11-12H,5-7,10,13-14H2,1-4H3. The number of fused-ring (bicyclic) bond motifs is 1. The van der Waals surface area contributed by atoms with Crippen molar-refractivity contribution in [2.75, 3.05) is 31.8 Å². The van der Waals surface area contributed by atoms with Crippen LogP contribution in [0.4, 0.5) is 0 Å². The molecule has 1 aromatic carbocycles. The fraction of sp³-hybridized carbons (Fsp3) is 0.500. The lowest BCUT2D eigenvalue weighted by atomic mass is 9.94. The van der Waals surface area contributed by atoms with Gasteiger partial charge in [-0.3, -0.25) is 9.59 Å². The summed E-state index contributed by atoms with van der Waals surface area (Å²) in [5, 5.41) is 0. The summed E-state index contributed by atoms with van der Waals surface area (Å²) >= 11 is 2.78. The molecule has 0 N–H and O–H groups in total. The van der Waals surface area contributed by atoms with Crippen LogP contribution in [0.2, 0.25) is 6.04 Å². The summed E-state index contributed by atoms with van der Waals surface area (Å²) in [6, 6.07) is 7.72. The highest BCUT2D eigenvalue weighted by Crippen LogP contribution is 2.37. The van der Waals surface area contributed by atoms with Gasteiger partial charge in [0.25, 0.3) is 0 Å². The molecule has 0 saturated heterocycles. The molecular formula is C20H28O5S2Si. The zero-order valence-electron chi connectivity index (χ0n) is 16.9. The van der Waals surface area contributed by atoms with Crippen LogP contribution in [0.1, 0.15) is 47.9 Å². The molecule has 0 amide bonds. The van der Waals surface area contributed by atoms with Crippen molar-refractivity contribution < 1.29 is 22.9 Å². The molecule has 0 saturated carbocycles. The molecule has 0 atom stereocenters. The van der Waals surface area contributed by atoms with E-state index < -0.39 is 8.80 Å². The summed E-state index contributed by atoms with van der Waals surface area (Å²) in [6.07, 6.45) is 2.62. The number of hydrogen-bond donors (Lipinski definition) is 0. The number of allylic oxidation sites excluding steroid dienone is 2. The minimum Gasteiger partial charge on any atom is -0.374 e. The summed E-state index contributed by atoms with van der Waals surface area (Å²) in [5.41, 5.74) is 0.992. The number of thioether (sulfide) groups is 2. The molecule has 8 heteroatoms. The molecule has 5 nitrogen and oxygen atoms in total. The van der Waals surface area contributed by atoms with E-state index in [4.69, 9.17) is 13.3 Å². The van der Waals surface area contributed by atoms with Crippen LogP contribution < -0.4 is 0 Å². The maximum absolute atomic E-state index is 12.9. The second kappa shape index (κ2) is 11.3. The van der Waals surface area contributed by atoms with Gasteiger partial charge in [0.2, 0.25) is 11.6 Å². The predicted octanol–water partition coefficient (Wildman–Crippen LogP) is 4.81. The van der Waals surface area contributed by atoms with Gasteiger partial charge in [-0.2, -0.15) is 0 Å². The number of ketones is 2. The zero-order chi connectivity index (χ0) is 20.6. The van der Waals surface area contributed by atoms with Crippen LogP contribution in [-0.4, -0.2) is 52.2 Å². The maximum atomic E-state index is 12.9. The van der Waals surface area contributed by atoms with Crippen LogP contribution in [0.5, 0.6) is 0 Å². The Labute approximate surface area is 177 Å². The van der Waals surface area contributed by atoms with E-state index in [1.54, 1.807) is 24.3 Å². The van der Waals surface area contributed by atoms with E-state index in [-0.39, 0.29) is 11.6 Å². The number of Topliss-reactive ketones (excluding diaryl/α,β-unsaturated/α-hetero) is 2. The van der Waals surface area contributed by atoms with Gasteiger partial charge in [-0.1, -0.05) is 24.3 Å². The van der Waals surface area contributed by atoms with E-state index >= 15 is 0 Å². The average molecular weight is 441 g/mol. The third-order valence-electron chi connectivity index (χ3n) is 4.21. The summed E-state index contributed by atoms with van der Waals surface area (Å²) < 4.78 is 17.6. The van der Waals surface area contributed by atoms with Crippen molar-refractivity contribution in [3.05, 3.63) is 45.2 Å². The third kappa shape index (κ3) is 5.37. The van der Waals surface area contributed by atoms with Gasteiger partial charge in [-0.15, -0.1) is 23.5 Å². The van der Waals surface area contributed by atoms with Crippen LogP contribution in [0, 0.1) is 0 Å². The topological polar surface area (TPSA) is 61.8 Å². The van der Waals surface area contributed by atoms with Gasteiger partial charge in [-0.05, 0) is 39.2 Å². The van der Waals surface area contributed by atoms with Crippen molar-refractivity contribution in [3.8, 4) is 0 Å². The maximum Gasteiger partial charge on any atom is 0.500 e. The van der Waals surface area contributed by atoms with E-state index in [2.05, 4.69) is 0 Å². The molecule has 0 bridgehead atoms. The Balaban J connectivity index is 2.08. The molecule has 0 radical (unpaired) electrons. The normalized spacial score (nSPS) is 14.6. The molecule has 0 heterocycles. The number of benzene rings is 1.